The Bertz CT molecular complexity index is 316. The Morgan fingerprint density at radius 2 is 1.59 bits per heavy atom. The molecule has 1 N–H and O–H groups in total. The molecule has 17 heavy (non-hydrogen) atoms. The maximum absolute atomic E-state index is 3.72. The molecule has 0 aliphatic carbocycles. The summed E-state index contributed by atoms with van der Waals surface area (Å²) in [6.45, 7) is 9.12. The monoisotopic (exact) mass is 345 g/mol. The summed E-state index contributed by atoms with van der Waals surface area (Å²) in [5.74, 6) is 0.779. The zero-order valence-electron chi connectivity index (χ0n) is 11.3. The van der Waals surface area contributed by atoms with Crippen LogP contribution >= 0.6 is 22.6 Å². The summed E-state index contributed by atoms with van der Waals surface area (Å²) in [5, 5.41) is 3.72. The molecule has 0 spiro atoms. The molecule has 0 aliphatic heterocycles. The average molecular weight is 345 g/mol. The van der Waals surface area contributed by atoms with E-state index in [1.165, 1.54) is 22.0 Å². The second kappa shape index (κ2) is 7.37. The van der Waals surface area contributed by atoms with Crippen LogP contribution in [-0.4, -0.2) is 6.04 Å². The van der Waals surface area contributed by atoms with Crippen molar-refractivity contribution in [2.45, 2.75) is 52.6 Å². The third kappa shape index (κ3) is 4.59. The van der Waals surface area contributed by atoms with Crippen molar-refractivity contribution < 1.29 is 0 Å². The Morgan fingerprint density at radius 3 is 2.06 bits per heavy atom. The van der Waals surface area contributed by atoms with Gasteiger partial charge in [-0.25, -0.2) is 0 Å². The minimum Gasteiger partial charge on any atom is -0.307 e. The maximum atomic E-state index is 3.72. The van der Waals surface area contributed by atoms with Gasteiger partial charge in [0.2, 0.25) is 0 Å². The summed E-state index contributed by atoms with van der Waals surface area (Å²) in [6, 6.07) is 9.81. The molecule has 2 unspecified atom stereocenters. The first-order chi connectivity index (χ1) is 8.08. The van der Waals surface area contributed by atoms with E-state index in [1.54, 1.807) is 0 Å². The number of hydrogen-bond acceptors (Lipinski definition) is 1. The lowest BCUT2D eigenvalue weighted by Gasteiger charge is -2.26. The molecule has 0 radical (unpaired) electrons. The average Bonchev–Trinajstić information content (AvgIpc) is 2.31. The molecule has 2 atom stereocenters. The Labute approximate surface area is 120 Å². The molecule has 0 aliphatic rings. The molecule has 1 nitrogen and oxygen atoms in total. The summed E-state index contributed by atoms with van der Waals surface area (Å²) >= 11 is 2.35. The third-order valence-corrected chi connectivity index (χ3v) is 4.36. The molecular formula is C15H24IN. The summed E-state index contributed by atoms with van der Waals surface area (Å²) in [6.07, 6.45) is 2.51. The van der Waals surface area contributed by atoms with Crippen LogP contribution < -0.4 is 5.32 Å². The van der Waals surface area contributed by atoms with E-state index >= 15 is 0 Å². The molecule has 0 saturated heterocycles. The van der Waals surface area contributed by atoms with Crippen LogP contribution in [0.1, 0.15) is 52.1 Å². The van der Waals surface area contributed by atoms with E-state index in [4.69, 9.17) is 0 Å². The SMILES string of the molecule is CCC(CC)C(C)NC(C)c1ccc(I)cc1. The lowest BCUT2D eigenvalue weighted by atomic mass is 9.94. The van der Waals surface area contributed by atoms with Crippen LogP contribution in [0.2, 0.25) is 0 Å². The fourth-order valence-electron chi connectivity index (χ4n) is 2.37. The van der Waals surface area contributed by atoms with Gasteiger partial charge in [-0.05, 0) is 60.1 Å². The molecule has 1 aromatic rings. The van der Waals surface area contributed by atoms with E-state index < -0.39 is 0 Å². The smallest absolute Gasteiger partial charge is 0.0294 e. The molecule has 0 fully saturated rings. The van der Waals surface area contributed by atoms with Gasteiger partial charge < -0.3 is 5.32 Å². The topological polar surface area (TPSA) is 12.0 Å². The van der Waals surface area contributed by atoms with Crippen LogP contribution in [0.5, 0.6) is 0 Å². The highest BCUT2D eigenvalue weighted by molar-refractivity contribution is 14.1. The minimum atomic E-state index is 0.433. The quantitative estimate of drug-likeness (QED) is 0.733. The Balaban J connectivity index is 2.59. The number of hydrogen-bond donors (Lipinski definition) is 1. The molecule has 0 saturated carbocycles. The summed E-state index contributed by atoms with van der Waals surface area (Å²) in [4.78, 5) is 0. The van der Waals surface area contributed by atoms with Crippen LogP contribution in [0.3, 0.4) is 0 Å². The number of nitrogens with one attached hydrogen (secondary N) is 1. The second-order valence-electron chi connectivity index (χ2n) is 4.81. The van der Waals surface area contributed by atoms with Gasteiger partial charge in [0.25, 0.3) is 0 Å². The van der Waals surface area contributed by atoms with E-state index in [0.29, 0.717) is 12.1 Å². The van der Waals surface area contributed by atoms with Gasteiger partial charge in [-0.3, -0.25) is 0 Å². The van der Waals surface area contributed by atoms with Gasteiger partial charge in [0.1, 0.15) is 0 Å². The van der Waals surface area contributed by atoms with Crippen molar-refractivity contribution >= 4 is 22.6 Å². The number of halogens is 1. The molecule has 0 bridgehead atoms. The third-order valence-electron chi connectivity index (χ3n) is 3.64. The van der Waals surface area contributed by atoms with E-state index in [1.807, 2.05) is 0 Å². The molecule has 1 rings (SSSR count). The van der Waals surface area contributed by atoms with Crippen molar-refractivity contribution in [1.29, 1.82) is 0 Å². The molecule has 0 amide bonds. The first-order valence-electron chi connectivity index (χ1n) is 6.60. The predicted molar refractivity (Wildman–Crippen MR) is 84.2 cm³/mol. The lowest BCUT2D eigenvalue weighted by Crippen LogP contribution is -2.34. The normalized spacial score (nSPS) is 14.9. The summed E-state index contributed by atoms with van der Waals surface area (Å²) in [7, 11) is 0. The maximum Gasteiger partial charge on any atom is 0.0294 e. The van der Waals surface area contributed by atoms with Gasteiger partial charge in [-0.1, -0.05) is 38.8 Å². The van der Waals surface area contributed by atoms with Gasteiger partial charge in [-0.2, -0.15) is 0 Å². The zero-order chi connectivity index (χ0) is 12.8. The summed E-state index contributed by atoms with van der Waals surface area (Å²) < 4.78 is 1.30. The lowest BCUT2D eigenvalue weighted by molar-refractivity contribution is 0.330. The largest absolute Gasteiger partial charge is 0.307 e. The van der Waals surface area contributed by atoms with Crippen LogP contribution in [0.25, 0.3) is 0 Å². The molecule has 0 aromatic heterocycles. The molecule has 96 valence electrons. The van der Waals surface area contributed by atoms with Gasteiger partial charge in [0.15, 0.2) is 0 Å². The molecule has 1 aromatic carbocycles. The Morgan fingerprint density at radius 1 is 1.06 bits per heavy atom. The van der Waals surface area contributed by atoms with Crippen molar-refractivity contribution in [3.05, 3.63) is 33.4 Å². The predicted octanol–water partition coefficient (Wildman–Crippen LogP) is 4.77. The van der Waals surface area contributed by atoms with Crippen LogP contribution in [0.15, 0.2) is 24.3 Å². The Kier molecular flexibility index (Phi) is 6.49. The van der Waals surface area contributed by atoms with Crippen molar-refractivity contribution in [3.63, 3.8) is 0 Å². The van der Waals surface area contributed by atoms with Crippen LogP contribution in [0, 0.1) is 9.49 Å². The van der Waals surface area contributed by atoms with E-state index in [9.17, 15) is 0 Å². The van der Waals surface area contributed by atoms with Crippen molar-refractivity contribution in [2.24, 2.45) is 5.92 Å². The highest BCUT2D eigenvalue weighted by Gasteiger charge is 2.16. The number of benzene rings is 1. The number of rotatable bonds is 6. The molecule has 2 heteroatoms. The van der Waals surface area contributed by atoms with E-state index in [-0.39, 0.29) is 0 Å². The highest BCUT2D eigenvalue weighted by atomic mass is 127. The zero-order valence-corrected chi connectivity index (χ0v) is 13.5. The molecule has 0 heterocycles. The van der Waals surface area contributed by atoms with E-state index in [0.717, 1.165) is 5.92 Å². The van der Waals surface area contributed by atoms with E-state index in [2.05, 4.69) is 79.9 Å². The van der Waals surface area contributed by atoms with Crippen LogP contribution in [-0.2, 0) is 0 Å². The van der Waals surface area contributed by atoms with Gasteiger partial charge in [0, 0.05) is 15.7 Å². The van der Waals surface area contributed by atoms with Crippen molar-refractivity contribution in [1.82, 2.24) is 5.32 Å². The molecular weight excluding hydrogens is 321 g/mol. The van der Waals surface area contributed by atoms with Crippen molar-refractivity contribution in [3.8, 4) is 0 Å². The first-order valence-corrected chi connectivity index (χ1v) is 7.67. The first kappa shape index (κ1) is 15.0. The fourth-order valence-corrected chi connectivity index (χ4v) is 2.73. The fraction of sp³-hybridized carbons (Fsp3) is 0.600. The standard InChI is InChI=1S/C15H24IN/c1-5-13(6-2)11(3)17-12(4)14-7-9-15(16)10-8-14/h7-13,17H,5-6H2,1-4H3. The van der Waals surface area contributed by atoms with Gasteiger partial charge >= 0.3 is 0 Å². The second-order valence-corrected chi connectivity index (χ2v) is 6.05. The minimum absolute atomic E-state index is 0.433. The summed E-state index contributed by atoms with van der Waals surface area (Å²) in [5.41, 5.74) is 1.38. The highest BCUT2D eigenvalue weighted by Crippen LogP contribution is 2.19. The Hall–Kier alpha value is -0.0900. The van der Waals surface area contributed by atoms with Gasteiger partial charge in [0.05, 0.1) is 0 Å². The van der Waals surface area contributed by atoms with Crippen LogP contribution in [0.4, 0.5) is 0 Å². The van der Waals surface area contributed by atoms with Crippen molar-refractivity contribution in [2.75, 3.05) is 0 Å². The van der Waals surface area contributed by atoms with Gasteiger partial charge in [-0.15, -0.1) is 0 Å².